The SMILES string of the molecule is CCC(C)C(C(CC(=O)N1CCCC1C(OC)C(C)C)OC)N(C)C(=O)C(NC=O)C(C)C. The van der Waals surface area contributed by atoms with E-state index in [0.29, 0.717) is 18.9 Å². The van der Waals surface area contributed by atoms with Gasteiger partial charge < -0.3 is 24.6 Å². The van der Waals surface area contributed by atoms with Gasteiger partial charge in [0.2, 0.25) is 18.2 Å². The van der Waals surface area contributed by atoms with E-state index in [1.165, 1.54) is 0 Å². The van der Waals surface area contributed by atoms with E-state index in [4.69, 9.17) is 9.47 Å². The molecule has 3 amide bonds. The first kappa shape index (κ1) is 29.4. The first-order chi connectivity index (χ1) is 15.5. The third-order valence-electron chi connectivity index (χ3n) is 7.19. The van der Waals surface area contributed by atoms with Gasteiger partial charge in [0.25, 0.3) is 0 Å². The molecule has 0 bridgehead atoms. The number of hydrogen-bond donors (Lipinski definition) is 1. The number of likely N-dealkylation sites (N-methyl/N-ethyl adjacent to an activating group) is 1. The highest BCUT2D eigenvalue weighted by molar-refractivity contribution is 5.84. The molecule has 0 aromatic heterocycles. The number of amides is 3. The zero-order valence-electron chi connectivity index (χ0n) is 22.2. The van der Waals surface area contributed by atoms with Gasteiger partial charge in [-0.05, 0) is 30.6 Å². The summed E-state index contributed by atoms with van der Waals surface area (Å²) in [6, 6.07) is -0.859. The van der Waals surface area contributed by atoms with Crippen molar-refractivity contribution in [2.45, 2.75) is 97.6 Å². The van der Waals surface area contributed by atoms with Gasteiger partial charge >= 0.3 is 0 Å². The highest BCUT2D eigenvalue weighted by atomic mass is 16.5. The standard InChI is InChI=1S/C25H47N3O5/c1-10-18(6)23(27(7)25(31)22(16(2)3)26-15-29)20(32-8)14-21(30)28-13-11-12-19(28)24(33-9)17(4)5/h15-20,22-24H,10-14H2,1-9H3,(H,26,29). The lowest BCUT2D eigenvalue weighted by molar-refractivity contribution is -0.146. The highest BCUT2D eigenvalue weighted by Gasteiger charge is 2.40. The summed E-state index contributed by atoms with van der Waals surface area (Å²) in [5, 5.41) is 2.65. The maximum atomic E-state index is 13.4. The molecule has 0 saturated carbocycles. The summed E-state index contributed by atoms with van der Waals surface area (Å²) in [6.07, 6.45) is 3.03. The lowest BCUT2D eigenvalue weighted by atomic mass is 9.89. The lowest BCUT2D eigenvalue weighted by Crippen LogP contribution is -2.56. The molecule has 1 aliphatic rings. The van der Waals surface area contributed by atoms with Crippen molar-refractivity contribution in [1.29, 1.82) is 0 Å². The van der Waals surface area contributed by atoms with Crippen molar-refractivity contribution < 1.29 is 23.9 Å². The number of likely N-dealkylation sites (tertiary alicyclic amines) is 1. The van der Waals surface area contributed by atoms with Gasteiger partial charge in [0, 0.05) is 27.8 Å². The molecule has 1 aliphatic heterocycles. The predicted octanol–water partition coefficient (Wildman–Crippen LogP) is 2.70. The van der Waals surface area contributed by atoms with Crippen LogP contribution >= 0.6 is 0 Å². The van der Waals surface area contributed by atoms with Crippen LogP contribution in [0.3, 0.4) is 0 Å². The second-order valence-corrected chi connectivity index (χ2v) is 10.1. The van der Waals surface area contributed by atoms with Gasteiger partial charge in [-0.25, -0.2) is 0 Å². The smallest absolute Gasteiger partial charge is 0.245 e. The van der Waals surface area contributed by atoms with E-state index in [1.807, 2.05) is 18.7 Å². The minimum atomic E-state index is -0.622. The van der Waals surface area contributed by atoms with Crippen molar-refractivity contribution in [2.24, 2.45) is 17.8 Å². The summed E-state index contributed by atoms with van der Waals surface area (Å²) in [6.45, 7) is 12.9. The maximum absolute atomic E-state index is 13.4. The van der Waals surface area contributed by atoms with E-state index >= 15 is 0 Å². The number of nitrogens with zero attached hydrogens (tertiary/aromatic N) is 2. The van der Waals surface area contributed by atoms with E-state index in [-0.39, 0.29) is 48.3 Å². The Labute approximate surface area is 200 Å². The number of nitrogens with one attached hydrogen (secondary N) is 1. The molecule has 8 heteroatoms. The van der Waals surface area contributed by atoms with Gasteiger partial charge in [-0.1, -0.05) is 48.0 Å². The van der Waals surface area contributed by atoms with E-state index in [1.54, 1.807) is 26.2 Å². The van der Waals surface area contributed by atoms with Gasteiger partial charge in [-0.3, -0.25) is 14.4 Å². The largest absolute Gasteiger partial charge is 0.379 e. The molecule has 0 aliphatic carbocycles. The van der Waals surface area contributed by atoms with Crippen molar-refractivity contribution >= 4 is 18.2 Å². The summed E-state index contributed by atoms with van der Waals surface area (Å²) >= 11 is 0. The molecule has 0 spiro atoms. The van der Waals surface area contributed by atoms with Crippen molar-refractivity contribution in [3.8, 4) is 0 Å². The van der Waals surface area contributed by atoms with Gasteiger partial charge in [0.1, 0.15) is 6.04 Å². The molecular weight excluding hydrogens is 422 g/mol. The Balaban J connectivity index is 3.12. The molecule has 192 valence electrons. The Morgan fingerprint density at radius 3 is 2.21 bits per heavy atom. The van der Waals surface area contributed by atoms with Crippen LogP contribution in [-0.2, 0) is 23.9 Å². The van der Waals surface area contributed by atoms with Crippen LogP contribution < -0.4 is 5.32 Å². The minimum absolute atomic E-state index is 0.00623. The first-order valence-electron chi connectivity index (χ1n) is 12.4. The fourth-order valence-corrected chi connectivity index (χ4v) is 5.18. The molecule has 0 aromatic rings. The molecule has 8 nitrogen and oxygen atoms in total. The minimum Gasteiger partial charge on any atom is -0.379 e. The van der Waals surface area contributed by atoms with Gasteiger partial charge in [0.15, 0.2) is 0 Å². The van der Waals surface area contributed by atoms with Gasteiger partial charge in [0.05, 0.1) is 30.7 Å². The molecule has 6 atom stereocenters. The van der Waals surface area contributed by atoms with Crippen LogP contribution in [0, 0.1) is 17.8 Å². The molecule has 1 fully saturated rings. The van der Waals surface area contributed by atoms with E-state index in [0.717, 1.165) is 19.3 Å². The molecule has 1 saturated heterocycles. The Morgan fingerprint density at radius 1 is 1.12 bits per heavy atom. The van der Waals surface area contributed by atoms with Crippen molar-refractivity contribution in [3.05, 3.63) is 0 Å². The van der Waals surface area contributed by atoms with E-state index in [9.17, 15) is 14.4 Å². The number of methoxy groups -OCH3 is 2. The topological polar surface area (TPSA) is 88.2 Å². The van der Waals surface area contributed by atoms with Crippen LogP contribution in [0.1, 0.15) is 67.2 Å². The third kappa shape index (κ3) is 7.41. The fraction of sp³-hybridized carbons (Fsp3) is 0.880. The number of carbonyl (C=O) groups is 3. The van der Waals surface area contributed by atoms with E-state index in [2.05, 4.69) is 33.0 Å². The average Bonchev–Trinajstić information content (AvgIpc) is 3.25. The quantitative estimate of drug-likeness (QED) is 0.395. The van der Waals surface area contributed by atoms with Crippen LogP contribution in [0.4, 0.5) is 0 Å². The summed E-state index contributed by atoms with van der Waals surface area (Å²) in [5.74, 6) is 0.222. The normalized spacial score (nSPS) is 20.9. The number of ether oxygens (including phenoxy) is 2. The number of carbonyl (C=O) groups excluding carboxylic acids is 3. The van der Waals surface area contributed by atoms with Crippen LogP contribution in [0.15, 0.2) is 0 Å². The number of rotatable bonds is 14. The van der Waals surface area contributed by atoms with Crippen LogP contribution in [-0.4, -0.2) is 86.2 Å². The Kier molecular flexibility index (Phi) is 12.4. The molecule has 1 N–H and O–H groups in total. The average molecular weight is 470 g/mol. The molecule has 1 heterocycles. The van der Waals surface area contributed by atoms with Gasteiger partial charge in [-0.2, -0.15) is 0 Å². The van der Waals surface area contributed by atoms with Crippen LogP contribution in [0.25, 0.3) is 0 Å². The summed E-state index contributed by atoms with van der Waals surface area (Å²) in [7, 11) is 5.06. The lowest BCUT2D eigenvalue weighted by Gasteiger charge is -2.40. The van der Waals surface area contributed by atoms with Crippen molar-refractivity contribution in [3.63, 3.8) is 0 Å². The second kappa shape index (κ2) is 13.9. The highest BCUT2D eigenvalue weighted by Crippen LogP contribution is 2.29. The molecule has 0 aromatic carbocycles. The zero-order chi connectivity index (χ0) is 25.3. The molecule has 6 unspecified atom stereocenters. The third-order valence-corrected chi connectivity index (χ3v) is 7.19. The second-order valence-electron chi connectivity index (χ2n) is 10.1. The monoisotopic (exact) mass is 469 g/mol. The fourth-order valence-electron chi connectivity index (χ4n) is 5.18. The van der Waals surface area contributed by atoms with Crippen molar-refractivity contribution in [1.82, 2.24) is 15.1 Å². The maximum Gasteiger partial charge on any atom is 0.245 e. The molecule has 1 rings (SSSR count). The van der Waals surface area contributed by atoms with Crippen LogP contribution in [0.5, 0.6) is 0 Å². The molecule has 33 heavy (non-hydrogen) atoms. The predicted molar refractivity (Wildman–Crippen MR) is 130 cm³/mol. The Morgan fingerprint density at radius 2 is 1.76 bits per heavy atom. The summed E-state index contributed by atoms with van der Waals surface area (Å²) in [4.78, 5) is 41.4. The Bertz CT molecular complexity index is 627. The van der Waals surface area contributed by atoms with Gasteiger partial charge in [-0.15, -0.1) is 0 Å². The molecular formula is C25H47N3O5. The first-order valence-corrected chi connectivity index (χ1v) is 12.4. The van der Waals surface area contributed by atoms with Crippen molar-refractivity contribution in [2.75, 3.05) is 27.8 Å². The zero-order valence-corrected chi connectivity index (χ0v) is 22.2. The molecule has 0 radical (unpaired) electrons. The summed E-state index contributed by atoms with van der Waals surface area (Å²) < 4.78 is 11.6. The van der Waals surface area contributed by atoms with E-state index < -0.39 is 12.1 Å². The van der Waals surface area contributed by atoms with Crippen LogP contribution in [0.2, 0.25) is 0 Å². The summed E-state index contributed by atoms with van der Waals surface area (Å²) in [5.41, 5.74) is 0. The Hall–Kier alpha value is -1.67. The number of hydrogen-bond acceptors (Lipinski definition) is 5.